The zero-order chi connectivity index (χ0) is 31.1. The molecule has 2 aliphatic rings. The number of ether oxygens (including phenoxy) is 1. The van der Waals surface area contributed by atoms with E-state index in [9.17, 15) is 14.4 Å². The number of benzene rings is 3. The molecule has 0 unspecified atom stereocenters. The number of rotatable bonds is 7. The molecule has 1 atom stereocenters. The Hall–Kier alpha value is -4.28. The van der Waals surface area contributed by atoms with Gasteiger partial charge in [-0.15, -0.1) is 0 Å². The summed E-state index contributed by atoms with van der Waals surface area (Å²) in [6.45, 7) is 7.03. The molecule has 44 heavy (non-hydrogen) atoms. The van der Waals surface area contributed by atoms with E-state index < -0.39 is 6.04 Å². The normalized spacial score (nSPS) is 16.9. The number of methoxy groups -OCH3 is 1. The molecule has 3 aromatic carbocycles. The molecule has 0 fully saturated rings. The summed E-state index contributed by atoms with van der Waals surface area (Å²) in [6, 6.07) is 22.0. The lowest BCUT2D eigenvalue weighted by Crippen LogP contribution is -2.43. The van der Waals surface area contributed by atoms with Crippen molar-refractivity contribution in [2.45, 2.75) is 33.4 Å². The number of carbonyl (C=O) groups excluding carboxylic acids is 2. The number of anilines is 1. The summed E-state index contributed by atoms with van der Waals surface area (Å²) < 4.78 is 8.36. The molecule has 0 saturated carbocycles. The van der Waals surface area contributed by atoms with Gasteiger partial charge in [0.25, 0.3) is 17.4 Å². The van der Waals surface area contributed by atoms with Crippen LogP contribution >= 0.6 is 27.3 Å². The number of hydrogen-bond acceptors (Lipinski definition) is 6. The molecular formula is C34H31BrN4O4S. The van der Waals surface area contributed by atoms with Gasteiger partial charge in [-0.2, -0.15) is 0 Å². The lowest BCUT2D eigenvalue weighted by Gasteiger charge is -2.29. The standard InChI is InChI=1S/C34H31BrN4O4S/c1-5-37(6-2)31(40)27-20(3)36-34-39(29(27)23-14-10-11-15-26(23)43-4)33(42)30(44-34)28-24-18-22(35)16-17-25(24)38(32(28)41)19-21-12-8-7-9-13-21/h7-18,29H,5-6,19H2,1-4H3/b30-28+/t29-/m0/s1. The van der Waals surface area contributed by atoms with Crippen molar-refractivity contribution in [3.63, 3.8) is 0 Å². The molecule has 0 saturated heterocycles. The van der Waals surface area contributed by atoms with Crippen LogP contribution in [0.25, 0.3) is 5.57 Å². The van der Waals surface area contributed by atoms with Crippen molar-refractivity contribution in [1.29, 1.82) is 0 Å². The Morgan fingerprint density at radius 3 is 2.43 bits per heavy atom. The number of nitrogens with zero attached hydrogens (tertiary/aromatic N) is 4. The van der Waals surface area contributed by atoms with E-state index in [0.29, 0.717) is 58.2 Å². The first-order valence-corrected chi connectivity index (χ1v) is 16.0. The van der Waals surface area contributed by atoms with Gasteiger partial charge in [0.15, 0.2) is 4.80 Å². The molecule has 224 valence electrons. The Bertz CT molecular complexity index is 2010. The first-order chi connectivity index (χ1) is 21.3. The third kappa shape index (κ3) is 4.92. The zero-order valence-electron chi connectivity index (χ0n) is 24.8. The first kappa shape index (κ1) is 29.8. The Morgan fingerprint density at radius 1 is 1.02 bits per heavy atom. The fourth-order valence-electron chi connectivity index (χ4n) is 5.96. The highest BCUT2D eigenvalue weighted by Crippen LogP contribution is 2.39. The van der Waals surface area contributed by atoms with Crippen LogP contribution in [0.1, 0.15) is 43.5 Å². The number of aromatic nitrogens is 1. The molecule has 3 heterocycles. The van der Waals surface area contributed by atoms with Crippen LogP contribution in [0, 0.1) is 0 Å². The molecule has 2 aliphatic heterocycles. The van der Waals surface area contributed by atoms with Gasteiger partial charge in [-0.3, -0.25) is 19.0 Å². The highest BCUT2D eigenvalue weighted by molar-refractivity contribution is 9.10. The van der Waals surface area contributed by atoms with E-state index >= 15 is 0 Å². The summed E-state index contributed by atoms with van der Waals surface area (Å²) in [5.74, 6) is 0.108. The lowest BCUT2D eigenvalue weighted by atomic mass is 9.94. The number of allylic oxidation sites excluding steroid dienone is 1. The van der Waals surface area contributed by atoms with Crippen LogP contribution in [0.5, 0.6) is 5.75 Å². The molecule has 0 radical (unpaired) electrons. The van der Waals surface area contributed by atoms with Gasteiger partial charge in [0.1, 0.15) is 16.3 Å². The molecule has 4 aromatic rings. The minimum Gasteiger partial charge on any atom is -0.496 e. The molecule has 0 bridgehead atoms. The Morgan fingerprint density at radius 2 is 1.73 bits per heavy atom. The molecule has 0 spiro atoms. The predicted octanol–water partition coefficient (Wildman–Crippen LogP) is 4.79. The van der Waals surface area contributed by atoms with Gasteiger partial charge in [-0.1, -0.05) is 75.8 Å². The van der Waals surface area contributed by atoms with Crippen LogP contribution in [0.15, 0.2) is 98.3 Å². The molecular weight excluding hydrogens is 640 g/mol. The van der Waals surface area contributed by atoms with Crippen LogP contribution in [-0.2, 0) is 16.1 Å². The third-order valence-corrected chi connectivity index (χ3v) is 9.65. The van der Waals surface area contributed by atoms with E-state index in [1.807, 2.05) is 86.6 Å². The maximum absolute atomic E-state index is 14.6. The van der Waals surface area contributed by atoms with Crippen LogP contribution in [0.2, 0.25) is 0 Å². The SMILES string of the molecule is CCN(CC)C(=O)C1=C(C)N=c2s/c(=C3/C(=O)N(Cc4ccccc4)c4ccc(Br)cc43)c(=O)n2[C@H]1c1ccccc1OC. The van der Waals surface area contributed by atoms with Crippen molar-refractivity contribution in [3.05, 3.63) is 125 Å². The van der Waals surface area contributed by atoms with Crippen molar-refractivity contribution in [1.82, 2.24) is 9.47 Å². The molecule has 8 nitrogen and oxygen atoms in total. The second-order valence-corrected chi connectivity index (χ2v) is 12.4. The van der Waals surface area contributed by atoms with Crippen LogP contribution in [0.3, 0.4) is 0 Å². The number of likely N-dealkylation sites (N-methyl/N-ethyl adjacent to an activating group) is 1. The maximum atomic E-state index is 14.6. The fraction of sp³-hybridized carbons (Fsp3) is 0.235. The molecule has 1 aromatic heterocycles. The van der Waals surface area contributed by atoms with Crippen molar-refractivity contribution in [2.75, 3.05) is 25.1 Å². The third-order valence-electron chi connectivity index (χ3n) is 8.10. The van der Waals surface area contributed by atoms with Gasteiger partial charge >= 0.3 is 0 Å². The summed E-state index contributed by atoms with van der Waals surface area (Å²) in [5, 5.41) is 0. The van der Waals surface area contributed by atoms with Gasteiger partial charge in [0, 0.05) is 28.7 Å². The van der Waals surface area contributed by atoms with Crippen molar-refractivity contribution in [2.24, 2.45) is 4.99 Å². The predicted molar refractivity (Wildman–Crippen MR) is 175 cm³/mol. The quantitative estimate of drug-likeness (QED) is 0.283. The highest BCUT2D eigenvalue weighted by atomic mass is 79.9. The minimum absolute atomic E-state index is 0.189. The highest BCUT2D eigenvalue weighted by Gasteiger charge is 2.38. The monoisotopic (exact) mass is 670 g/mol. The Labute approximate surface area is 267 Å². The number of thiazole rings is 1. The number of halogens is 1. The smallest absolute Gasteiger partial charge is 0.271 e. The van der Waals surface area contributed by atoms with Gasteiger partial charge in [0.05, 0.1) is 36.2 Å². The number of fused-ring (bicyclic) bond motifs is 2. The van der Waals surface area contributed by atoms with Gasteiger partial charge < -0.3 is 14.5 Å². The van der Waals surface area contributed by atoms with Gasteiger partial charge in [-0.25, -0.2) is 4.99 Å². The van der Waals surface area contributed by atoms with E-state index in [-0.39, 0.29) is 21.9 Å². The van der Waals surface area contributed by atoms with Crippen molar-refractivity contribution < 1.29 is 14.3 Å². The topological polar surface area (TPSA) is 84.2 Å². The van der Waals surface area contributed by atoms with E-state index in [2.05, 4.69) is 15.9 Å². The number of carbonyl (C=O) groups is 2. The summed E-state index contributed by atoms with van der Waals surface area (Å²) >= 11 is 4.73. The Balaban J connectivity index is 1.62. The number of hydrogen-bond donors (Lipinski definition) is 0. The average Bonchev–Trinajstić information content (AvgIpc) is 3.48. The van der Waals surface area contributed by atoms with Crippen molar-refractivity contribution in [3.8, 4) is 5.75 Å². The molecule has 6 rings (SSSR count). The summed E-state index contributed by atoms with van der Waals surface area (Å²) in [5.41, 5.74) is 3.95. The molecule has 0 N–H and O–H groups in total. The summed E-state index contributed by atoms with van der Waals surface area (Å²) in [7, 11) is 1.57. The van der Waals surface area contributed by atoms with Gasteiger partial charge in [-0.05, 0) is 50.6 Å². The second kappa shape index (κ2) is 12.0. The van der Waals surface area contributed by atoms with Crippen LogP contribution in [0.4, 0.5) is 5.69 Å². The molecule has 0 aliphatic carbocycles. The summed E-state index contributed by atoms with van der Waals surface area (Å²) in [4.78, 5) is 51.5. The molecule has 2 amide bonds. The second-order valence-electron chi connectivity index (χ2n) is 10.5. The Kier molecular flexibility index (Phi) is 8.13. The van der Waals surface area contributed by atoms with Crippen LogP contribution in [-0.4, -0.2) is 41.5 Å². The van der Waals surface area contributed by atoms with E-state index in [1.54, 1.807) is 28.4 Å². The van der Waals surface area contributed by atoms with Crippen LogP contribution < -0.4 is 24.5 Å². The zero-order valence-corrected chi connectivity index (χ0v) is 27.2. The minimum atomic E-state index is -0.788. The van der Waals surface area contributed by atoms with E-state index in [0.717, 1.165) is 15.7 Å². The van der Waals surface area contributed by atoms with E-state index in [4.69, 9.17) is 9.73 Å². The van der Waals surface area contributed by atoms with Crippen molar-refractivity contribution >= 4 is 50.3 Å². The average molecular weight is 672 g/mol. The number of amides is 2. The fourth-order valence-corrected chi connectivity index (χ4v) is 7.46. The number of para-hydroxylation sites is 1. The largest absolute Gasteiger partial charge is 0.496 e. The molecule has 10 heteroatoms. The summed E-state index contributed by atoms with van der Waals surface area (Å²) in [6.07, 6.45) is 0. The lowest BCUT2D eigenvalue weighted by molar-refractivity contribution is -0.127. The maximum Gasteiger partial charge on any atom is 0.271 e. The van der Waals surface area contributed by atoms with E-state index in [1.165, 1.54) is 11.3 Å². The first-order valence-electron chi connectivity index (χ1n) is 14.4. The van der Waals surface area contributed by atoms with Gasteiger partial charge in [0.2, 0.25) is 0 Å².